The van der Waals surface area contributed by atoms with Gasteiger partial charge in [0.25, 0.3) is 5.91 Å². The summed E-state index contributed by atoms with van der Waals surface area (Å²) in [6, 6.07) is 5.73. The molecule has 1 saturated heterocycles. The summed E-state index contributed by atoms with van der Waals surface area (Å²) in [5.41, 5.74) is -1.23. The zero-order valence-electron chi connectivity index (χ0n) is 19.2. The van der Waals surface area contributed by atoms with Crippen LogP contribution in [0.3, 0.4) is 0 Å². The molecule has 2 aromatic rings. The molecule has 0 aromatic heterocycles. The van der Waals surface area contributed by atoms with Crippen LogP contribution in [0.25, 0.3) is 11.1 Å². The summed E-state index contributed by atoms with van der Waals surface area (Å²) in [7, 11) is -3.61. The van der Waals surface area contributed by atoms with Gasteiger partial charge in [-0.25, -0.2) is 26.3 Å². The number of piperidine rings is 1. The predicted molar refractivity (Wildman–Crippen MR) is 123 cm³/mol. The molecule has 1 amide bonds. The SMILES string of the molecule is CCS(=O)(=O)N[C@H]1[C@@H]2C[C@@H]2N(C(=O)C2(O)CCC2)[C@H]1Cc1cccc(-c2cc(F)cc(F)c2)c1F. The van der Waals surface area contributed by atoms with E-state index in [-0.39, 0.29) is 40.8 Å². The third kappa shape index (κ3) is 4.36. The molecular formula is C25H27F3N2O4S. The fourth-order valence-electron chi connectivity index (χ4n) is 5.45. The Kier molecular flexibility index (Phi) is 5.96. The van der Waals surface area contributed by atoms with E-state index in [2.05, 4.69) is 4.72 Å². The van der Waals surface area contributed by atoms with E-state index < -0.39 is 51.1 Å². The average molecular weight is 509 g/mol. The fraction of sp³-hybridized carbons (Fsp3) is 0.480. The Morgan fingerprint density at radius 1 is 1.17 bits per heavy atom. The third-order valence-electron chi connectivity index (χ3n) is 7.59. The quantitative estimate of drug-likeness (QED) is 0.602. The molecule has 6 nitrogen and oxygen atoms in total. The molecule has 10 heteroatoms. The molecule has 2 aliphatic carbocycles. The molecular weight excluding hydrogens is 481 g/mol. The minimum Gasteiger partial charge on any atom is -0.380 e. The minimum absolute atomic E-state index is 0.00485. The second-order valence-electron chi connectivity index (χ2n) is 9.82. The fourth-order valence-corrected chi connectivity index (χ4v) is 6.37. The highest BCUT2D eigenvalue weighted by molar-refractivity contribution is 7.89. The number of nitrogens with zero attached hydrogens (tertiary/aromatic N) is 1. The number of nitrogens with one attached hydrogen (secondary N) is 1. The Hall–Kier alpha value is -2.43. The van der Waals surface area contributed by atoms with E-state index in [1.54, 1.807) is 11.0 Å². The molecule has 4 atom stereocenters. The molecule has 5 rings (SSSR count). The number of sulfonamides is 1. The Bertz CT molecular complexity index is 1260. The van der Waals surface area contributed by atoms with Crippen LogP contribution >= 0.6 is 0 Å². The van der Waals surface area contributed by atoms with Gasteiger partial charge in [-0.05, 0) is 68.2 Å². The van der Waals surface area contributed by atoms with Gasteiger partial charge in [0.05, 0.1) is 11.8 Å². The van der Waals surface area contributed by atoms with E-state index in [0.717, 1.165) is 18.6 Å². The summed E-state index contributed by atoms with van der Waals surface area (Å²) in [6.07, 6.45) is 2.00. The number of carbonyl (C=O) groups excluding carboxylic acids is 1. The topological polar surface area (TPSA) is 86.7 Å². The van der Waals surface area contributed by atoms with Crippen molar-refractivity contribution in [2.24, 2.45) is 5.92 Å². The van der Waals surface area contributed by atoms with Gasteiger partial charge in [-0.15, -0.1) is 0 Å². The molecule has 2 aromatic carbocycles. The van der Waals surface area contributed by atoms with Crippen molar-refractivity contribution in [2.45, 2.75) is 62.8 Å². The number of halogens is 3. The maximum Gasteiger partial charge on any atom is 0.255 e. The maximum atomic E-state index is 15.6. The third-order valence-corrected chi connectivity index (χ3v) is 8.98. The second kappa shape index (κ2) is 8.60. The Labute approximate surface area is 202 Å². The largest absolute Gasteiger partial charge is 0.380 e. The number of aliphatic hydroxyl groups is 1. The lowest BCUT2D eigenvalue weighted by Gasteiger charge is -2.42. The van der Waals surface area contributed by atoms with Crippen LogP contribution in [0.4, 0.5) is 13.2 Å². The van der Waals surface area contributed by atoms with Crippen LogP contribution in [0, 0.1) is 23.4 Å². The first-order chi connectivity index (χ1) is 16.5. The monoisotopic (exact) mass is 508 g/mol. The second-order valence-corrected chi connectivity index (χ2v) is 11.9. The van der Waals surface area contributed by atoms with Crippen LogP contribution in [0.15, 0.2) is 36.4 Å². The summed E-state index contributed by atoms with van der Waals surface area (Å²) in [6.45, 7) is 1.51. The molecule has 2 N–H and O–H groups in total. The zero-order valence-corrected chi connectivity index (χ0v) is 20.0. The van der Waals surface area contributed by atoms with E-state index in [4.69, 9.17) is 0 Å². The van der Waals surface area contributed by atoms with Gasteiger partial charge in [0.15, 0.2) is 0 Å². The van der Waals surface area contributed by atoms with Gasteiger partial charge in [0.1, 0.15) is 23.1 Å². The maximum absolute atomic E-state index is 15.6. The summed E-state index contributed by atoms with van der Waals surface area (Å²) < 4.78 is 70.7. The number of fused-ring (bicyclic) bond motifs is 1. The number of hydrogen-bond acceptors (Lipinski definition) is 4. The van der Waals surface area contributed by atoms with Crippen LogP contribution < -0.4 is 4.72 Å². The number of hydrogen-bond donors (Lipinski definition) is 2. The van der Waals surface area contributed by atoms with Gasteiger partial charge in [-0.1, -0.05) is 18.2 Å². The molecule has 0 radical (unpaired) electrons. The van der Waals surface area contributed by atoms with E-state index in [0.29, 0.717) is 25.3 Å². The number of likely N-dealkylation sites (tertiary alicyclic amines) is 1. The van der Waals surface area contributed by atoms with Crippen LogP contribution in [-0.4, -0.2) is 53.8 Å². The van der Waals surface area contributed by atoms with Gasteiger partial charge >= 0.3 is 0 Å². The smallest absolute Gasteiger partial charge is 0.255 e. The lowest BCUT2D eigenvalue weighted by atomic mass is 9.78. The average Bonchev–Trinajstić information content (AvgIpc) is 3.50. The van der Waals surface area contributed by atoms with Crippen LogP contribution in [0.2, 0.25) is 0 Å². The molecule has 3 aliphatic rings. The molecule has 3 fully saturated rings. The first-order valence-corrected chi connectivity index (χ1v) is 13.5. The molecule has 1 heterocycles. The van der Waals surface area contributed by atoms with Crippen molar-refractivity contribution in [3.05, 3.63) is 59.4 Å². The molecule has 0 unspecified atom stereocenters. The van der Waals surface area contributed by atoms with Crippen LogP contribution in [0.1, 0.15) is 38.2 Å². The number of carbonyl (C=O) groups is 1. The van der Waals surface area contributed by atoms with Gasteiger partial charge in [-0.3, -0.25) is 4.79 Å². The van der Waals surface area contributed by atoms with E-state index in [9.17, 15) is 27.1 Å². The van der Waals surface area contributed by atoms with Crippen molar-refractivity contribution < 1.29 is 31.5 Å². The van der Waals surface area contributed by atoms with Crippen LogP contribution in [0.5, 0.6) is 0 Å². The standard InChI is InChI=1S/C25H27F3N2O4S/c1-2-35(33,34)29-23-19-13-20(19)30(24(31)25(32)7-4-8-25)21(23)11-14-5-3-6-18(22(14)28)15-9-16(26)12-17(27)10-15/h3,5-6,9-10,12,19-21,23,29,32H,2,4,7-8,11,13H2,1H3/t19-,20+,21+,23+/m1/s1. The van der Waals surface area contributed by atoms with Gasteiger partial charge in [-0.2, -0.15) is 0 Å². The van der Waals surface area contributed by atoms with Crippen molar-refractivity contribution in [3.63, 3.8) is 0 Å². The Morgan fingerprint density at radius 2 is 1.86 bits per heavy atom. The van der Waals surface area contributed by atoms with Crippen molar-refractivity contribution in [2.75, 3.05) is 5.75 Å². The Morgan fingerprint density at radius 3 is 2.46 bits per heavy atom. The van der Waals surface area contributed by atoms with Crippen molar-refractivity contribution >= 4 is 15.9 Å². The molecule has 2 saturated carbocycles. The zero-order chi connectivity index (χ0) is 25.1. The van der Waals surface area contributed by atoms with Gasteiger partial charge in [0, 0.05) is 23.7 Å². The van der Waals surface area contributed by atoms with E-state index in [1.807, 2.05) is 0 Å². The van der Waals surface area contributed by atoms with E-state index >= 15 is 4.39 Å². The molecule has 35 heavy (non-hydrogen) atoms. The normalized spacial score (nSPS) is 26.8. The highest BCUT2D eigenvalue weighted by atomic mass is 32.2. The molecule has 1 aliphatic heterocycles. The first-order valence-electron chi connectivity index (χ1n) is 11.8. The predicted octanol–water partition coefficient (Wildman–Crippen LogP) is 3.14. The van der Waals surface area contributed by atoms with Crippen molar-refractivity contribution in [1.29, 1.82) is 0 Å². The van der Waals surface area contributed by atoms with Crippen molar-refractivity contribution in [3.8, 4) is 11.1 Å². The minimum atomic E-state index is -3.61. The highest BCUT2D eigenvalue weighted by Crippen LogP contribution is 2.51. The molecule has 188 valence electrons. The number of amides is 1. The summed E-state index contributed by atoms with van der Waals surface area (Å²) in [5.74, 6) is -3.05. The summed E-state index contributed by atoms with van der Waals surface area (Å²) in [4.78, 5) is 14.9. The van der Waals surface area contributed by atoms with Gasteiger partial charge < -0.3 is 10.0 Å². The Balaban J connectivity index is 1.51. The lowest BCUT2D eigenvalue weighted by molar-refractivity contribution is -0.162. The summed E-state index contributed by atoms with van der Waals surface area (Å²) in [5, 5.41) is 10.7. The number of rotatable bonds is 7. The first kappa shape index (κ1) is 24.3. The highest BCUT2D eigenvalue weighted by Gasteiger charge is 2.63. The van der Waals surface area contributed by atoms with Crippen LogP contribution in [-0.2, 0) is 21.2 Å². The lowest BCUT2D eigenvalue weighted by Crippen LogP contribution is -2.59. The molecule has 0 bridgehead atoms. The summed E-state index contributed by atoms with van der Waals surface area (Å²) >= 11 is 0. The molecule has 0 spiro atoms. The van der Waals surface area contributed by atoms with Gasteiger partial charge in [0.2, 0.25) is 10.0 Å². The van der Waals surface area contributed by atoms with Crippen molar-refractivity contribution in [1.82, 2.24) is 9.62 Å². The number of benzene rings is 2. The van der Waals surface area contributed by atoms with E-state index in [1.165, 1.54) is 19.1 Å².